The Morgan fingerprint density at radius 3 is 2.92 bits per heavy atom. The van der Waals surface area contributed by atoms with Crippen LogP contribution in [0.25, 0.3) is 0 Å². The number of ether oxygens (including phenoxy) is 2. The minimum absolute atomic E-state index is 0.138. The van der Waals surface area contributed by atoms with Crippen LogP contribution < -0.4 is 0 Å². The summed E-state index contributed by atoms with van der Waals surface area (Å²) >= 11 is 0. The van der Waals surface area contributed by atoms with Crippen molar-refractivity contribution in [1.29, 1.82) is 0 Å². The molecule has 3 nitrogen and oxygen atoms in total. The lowest BCUT2D eigenvalue weighted by molar-refractivity contribution is -0.154. The maximum Gasteiger partial charge on any atom is 0.161 e. The molecule has 1 saturated heterocycles. The van der Waals surface area contributed by atoms with Crippen molar-refractivity contribution in [2.24, 2.45) is 0 Å². The molecule has 1 aliphatic heterocycles. The number of aliphatic hydroxyl groups excluding tert-OH is 1. The van der Waals surface area contributed by atoms with E-state index in [1.165, 1.54) is 0 Å². The molecule has 0 aromatic heterocycles. The van der Waals surface area contributed by atoms with Crippen LogP contribution >= 0.6 is 0 Å². The third kappa shape index (κ3) is 3.10. The van der Waals surface area contributed by atoms with E-state index < -0.39 is 6.10 Å². The Bertz CT molecular complexity index is 168. The Hall–Kier alpha value is -0.380. The van der Waals surface area contributed by atoms with Crippen molar-refractivity contribution in [3.8, 4) is 0 Å². The van der Waals surface area contributed by atoms with Crippen LogP contribution in [0.2, 0.25) is 0 Å². The van der Waals surface area contributed by atoms with Gasteiger partial charge in [-0.15, -0.1) is 6.58 Å². The molecular weight excluding hydrogens is 168 g/mol. The first-order chi connectivity index (χ1) is 6.13. The van der Waals surface area contributed by atoms with Gasteiger partial charge in [0.05, 0.1) is 18.3 Å². The van der Waals surface area contributed by atoms with Crippen molar-refractivity contribution in [2.45, 2.75) is 51.3 Å². The number of hydrogen-bond donors (Lipinski definition) is 1. The minimum Gasteiger partial charge on any atom is -0.390 e. The highest BCUT2D eigenvalue weighted by Crippen LogP contribution is 2.24. The summed E-state index contributed by atoms with van der Waals surface area (Å²) < 4.78 is 10.9. The van der Waals surface area contributed by atoms with Crippen LogP contribution in [0.1, 0.15) is 26.7 Å². The minimum atomic E-state index is -0.415. The molecule has 0 radical (unpaired) electrons. The monoisotopic (exact) mass is 186 g/mol. The van der Waals surface area contributed by atoms with Gasteiger partial charge in [-0.05, 0) is 20.3 Å². The largest absolute Gasteiger partial charge is 0.390 e. The van der Waals surface area contributed by atoms with Crippen LogP contribution in [0.4, 0.5) is 0 Å². The second-order valence-corrected chi connectivity index (χ2v) is 3.62. The first kappa shape index (κ1) is 10.7. The van der Waals surface area contributed by atoms with E-state index in [0.717, 1.165) is 0 Å². The summed E-state index contributed by atoms with van der Waals surface area (Å²) in [6.45, 7) is 7.52. The van der Waals surface area contributed by atoms with Crippen molar-refractivity contribution in [2.75, 3.05) is 0 Å². The van der Waals surface area contributed by atoms with Gasteiger partial charge in [0.15, 0.2) is 6.29 Å². The highest BCUT2D eigenvalue weighted by molar-refractivity contribution is 4.84. The summed E-state index contributed by atoms with van der Waals surface area (Å²) in [7, 11) is 0. The van der Waals surface area contributed by atoms with Gasteiger partial charge in [-0.25, -0.2) is 0 Å². The molecule has 3 heteroatoms. The van der Waals surface area contributed by atoms with Crippen molar-refractivity contribution < 1.29 is 14.6 Å². The summed E-state index contributed by atoms with van der Waals surface area (Å²) in [5.74, 6) is 0. The summed E-state index contributed by atoms with van der Waals surface area (Å²) in [6.07, 6.45) is 2.34. The number of rotatable bonds is 4. The van der Waals surface area contributed by atoms with Gasteiger partial charge in [0.2, 0.25) is 0 Å². The highest BCUT2D eigenvalue weighted by atomic mass is 16.7. The molecule has 1 unspecified atom stereocenters. The number of hydrogen-bond acceptors (Lipinski definition) is 3. The fraction of sp³-hybridized carbons (Fsp3) is 0.800. The normalized spacial score (nSPS) is 34.0. The molecule has 3 atom stereocenters. The van der Waals surface area contributed by atoms with Gasteiger partial charge in [0, 0.05) is 6.42 Å². The van der Waals surface area contributed by atoms with Gasteiger partial charge in [-0.1, -0.05) is 6.08 Å². The van der Waals surface area contributed by atoms with Gasteiger partial charge >= 0.3 is 0 Å². The van der Waals surface area contributed by atoms with Crippen LogP contribution in [0.5, 0.6) is 0 Å². The van der Waals surface area contributed by atoms with Crippen LogP contribution in [0.15, 0.2) is 12.7 Å². The molecule has 0 aromatic rings. The van der Waals surface area contributed by atoms with E-state index in [1.807, 2.05) is 13.8 Å². The molecule has 0 saturated carbocycles. The molecule has 1 aliphatic rings. The molecule has 76 valence electrons. The third-order valence-electron chi connectivity index (χ3n) is 2.01. The summed E-state index contributed by atoms with van der Waals surface area (Å²) in [5.41, 5.74) is 0. The first-order valence-corrected chi connectivity index (χ1v) is 4.73. The Balaban J connectivity index is 2.35. The highest BCUT2D eigenvalue weighted by Gasteiger charge is 2.33. The smallest absolute Gasteiger partial charge is 0.161 e. The zero-order valence-corrected chi connectivity index (χ0v) is 8.27. The predicted molar refractivity (Wildman–Crippen MR) is 50.3 cm³/mol. The fourth-order valence-corrected chi connectivity index (χ4v) is 1.46. The Kier molecular flexibility index (Phi) is 3.90. The topological polar surface area (TPSA) is 38.7 Å². The second-order valence-electron chi connectivity index (χ2n) is 3.62. The summed E-state index contributed by atoms with van der Waals surface area (Å²) in [4.78, 5) is 0. The average molecular weight is 186 g/mol. The zero-order valence-electron chi connectivity index (χ0n) is 8.27. The van der Waals surface area contributed by atoms with Crippen LogP contribution in [-0.4, -0.2) is 29.7 Å². The summed E-state index contributed by atoms with van der Waals surface area (Å²) in [6, 6.07) is 0. The maximum absolute atomic E-state index is 9.55. The predicted octanol–water partition coefficient (Wildman–Crippen LogP) is 1.46. The quantitative estimate of drug-likeness (QED) is 0.676. The second kappa shape index (κ2) is 4.74. The van der Waals surface area contributed by atoms with Gasteiger partial charge in [0.25, 0.3) is 0 Å². The van der Waals surface area contributed by atoms with Crippen LogP contribution in [0, 0.1) is 0 Å². The van der Waals surface area contributed by atoms with E-state index in [0.29, 0.717) is 12.8 Å². The molecule has 0 amide bonds. The fourth-order valence-electron chi connectivity index (χ4n) is 1.46. The van der Waals surface area contributed by atoms with Crippen molar-refractivity contribution >= 4 is 0 Å². The Morgan fingerprint density at radius 2 is 2.38 bits per heavy atom. The van der Waals surface area contributed by atoms with Crippen LogP contribution in [-0.2, 0) is 9.47 Å². The molecule has 0 spiro atoms. The SMILES string of the molecule is C=CCC1O[C@H](OC(C)C)C[C@H]1O. The van der Waals surface area contributed by atoms with Gasteiger partial charge < -0.3 is 14.6 Å². The molecule has 0 bridgehead atoms. The van der Waals surface area contributed by atoms with E-state index in [1.54, 1.807) is 6.08 Å². The van der Waals surface area contributed by atoms with E-state index in [-0.39, 0.29) is 18.5 Å². The van der Waals surface area contributed by atoms with Gasteiger partial charge in [0.1, 0.15) is 0 Å². The average Bonchev–Trinajstić information content (AvgIpc) is 2.31. The Morgan fingerprint density at radius 1 is 1.69 bits per heavy atom. The van der Waals surface area contributed by atoms with E-state index in [9.17, 15) is 5.11 Å². The van der Waals surface area contributed by atoms with Crippen molar-refractivity contribution in [1.82, 2.24) is 0 Å². The van der Waals surface area contributed by atoms with Gasteiger partial charge in [-0.2, -0.15) is 0 Å². The molecule has 1 fully saturated rings. The number of aliphatic hydroxyl groups is 1. The molecular formula is C10H18O3. The Labute approximate surface area is 79.3 Å². The lowest BCUT2D eigenvalue weighted by atomic mass is 10.1. The van der Waals surface area contributed by atoms with Gasteiger partial charge in [-0.3, -0.25) is 0 Å². The lowest BCUT2D eigenvalue weighted by Gasteiger charge is -2.15. The van der Waals surface area contributed by atoms with E-state index >= 15 is 0 Å². The maximum atomic E-state index is 9.55. The van der Waals surface area contributed by atoms with E-state index in [4.69, 9.17) is 9.47 Å². The van der Waals surface area contributed by atoms with E-state index in [2.05, 4.69) is 6.58 Å². The summed E-state index contributed by atoms with van der Waals surface area (Å²) in [5, 5.41) is 9.55. The molecule has 1 heterocycles. The zero-order chi connectivity index (χ0) is 9.84. The van der Waals surface area contributed by atoms with Crippen molar-refractivity contribution in [3.05, 3.63) is 12.7 Å². The van der Waals surface area contributed by atoms with Crippen LogP contribution in [0.3, 0.4) is 0 Å². The molecule has 13 heavy (non-hydrogen) atoms. The molecule has 1 N–H and O–H groups in total. The molecule has 1 rings (SSSR count). The van der Waals surface area contributed by atoms with Crippen molar-refractivity contribution in [3.63, 3.8) is 0 Å². The third-order valence-corrected chi connectivity index (χ3v) is 2.01. The lowest BCUT2D eigenvalue weighted by Crippen LogP contribution is -2.20. The standard InChI is InChI=1S/C10H18O3/c1-4-5-9-8(11)6-10(13-9)12-7(2)3/h4,7-11H,1,5-6H2,2-3H3/t8-,9?,10+/m1/s1. The first-order valence-electron chi connectivity index (χ1n) is 4.73. The molecule has 0 aromatic carbocycles. The molecule has 0 aliphatic carbocycles.